The molecule has 2 aromatic carbocycles. The number of nitrogens with zero attached hydrogens (tertiary/aromatic N) is 3. The van der Waals surface area contributed by atoms with Crippen molar-refractivity contribution in [1.82, 2.24) is 14.9 Å². The Labute approximate surface area is 229 Å². The number of carbonyl (C=O) groups excluding carboxylic acids is 2. The Kier molecular flexibility index (Phi) is 9.85. The lowest BCUT2D eigenvalue weighted by Gasteiger charge is -2.33. The Morgan fingerprint density at radius 3 is 2.77 bits per heavy atom. The molecule has 1 aliphatic rings. The molecule has 2 heterocycles. The molecule has 9 nitrogen and oxygen atoms in total. The van der Waals surface area contributed by atoms with Crippen molar-refractivity contribution in [2.24, 2.45) is 0 Å². The normalized spacial score (nSPS) is 16.3. The summed E-state index contributed by atoms with van der Waals surface area (Å²) in [6.45, 7) is 7.81. The van der Waals surface area contributed by atoms with Gasteiger partial charge < -0.3 is 20.1 Å². The number of nitrogens with one attached hydrogen (secondary N) is 2. The van der Waals surface area contributed by atoms with Gasteiger partial charge in [0.1, 0.15) is 23.9 Å². The van der Waals surface area contributed by atoms with Crippen LogP contribution >= 0.6 is 0 Å². The predicted molar refractivity (Wildman–Crippen MR) is 153 cm³/mol. The van der Waals surface area contributed by atoms with E-state index >= 15 is 0 Å². The van der Waals surface area contributed by atoms with Crippen molar-refractivity contribution in [2.75, 3.05) is 37.4 Å². The molecule has 39 heavy (non-hydrogen) atoms. The van der Waals surface area contributed by atoms with Crippen LogP contribution < -0.4 is 15.4 Å². The second-order valence-corrected chi connectivity index (χ2v) is 9.68. The molecule has 2 atom stereocenters. The molecule has 0 bridgehead atoms. The van der Waals surface area contributed by atoms with E-state index in [1.54, 1.807) is 0 Å². The van der Waals surface area contributed by atoms with Gasteiger partial charge in [-0.1, -0.05) is 43.3 Å². The quantitative estimate of drug-likeness (QED) is 0.189. The molecule has 0 aliphatic carbocycles. The number of anilines is 2. The Bertz CT molecular complexity index is 1280. The van der Waals surface area contributed by atoms with Gasteiger partial charge in [-0.2, -0.15) is 0 Å². The maximum atomic E-state index is 12.2. The smallest absolute Gasteiger partial charge is 0.323 e. The highest BCUT2D eigenvalue weighted by atomic mass is 16.5. The molecule has 3 aromatic rings. The number of rotatable bonds is 12. The molecule has 1 amide bonds. The number of ether oxygens (including phenoxy) is 2. The number of esters is 1. The third kappa shape index (κ3) is 7.32. The summed E-state index contributed by atoms with van der Waals surface area (Å²) in [7, 11) is 1.45. The first-order valence-corrected chi connectivity index (χ1v) is 13.5. The average molecular weight is 532 g/mol. The van der Waals surface area contributed by atoms with Gasteiger partial charge in [0.15, 0.2) is 0 Å². The molecule has 1 aliphatic heterocycles. The highest BCUT2D eigenvalue weighted by Crippen LogP contribution is 2.33. The lowest BCUT2D eigenvalue weighted by molar-refractivity contribution is -0.148. The van der Waals surface area contributed by atoms with Crippen LogP contribution in [0.5, 0.6) is 5.75 Å². The van der Waals surface area contributed by atoms with Gasteiger partial charge in [0.2, 0.25) is 5.91 Å². The number of piperidine rings is 1. The first-order chi connectivity index (χ1) is 19.0. The van der Waals surface area contributed by atoms with Crippen LogP contribution in [0, 0.1) is 0 Å². The Morgan fingerprint density at radius 2 is 2.00 bits per heavy atom. The van der Waals surface area contributed by atoms with Gasteiger partial charge in [-0.05, 0) is 63.4 Å². The predicted octanol–water partition coefficient (Wildman–Crippen LogP) is 5.11. The molecule has 1 fully saturated rings. The van der Waals surface area contributed by atoms with Gasteiger partial charge in [0, 0.05) is 17.5 Å². The van der Waals surface area contributed by atoms with Crippen LogP contribution in [0.3, 0.4) is 0 Å². The fraction of sp³-hybridized carbons (Fsp3) is 0.400. The number of hydrogen-bond acceptors (Lipinski definition) is 8. The van der Waals surface area contributed by atoms with Gasteiger partial charge in [-0.3, -0.25) is 14.5 Å². The first-order valence-electron chi connectivity index (χ1n) is 13.5. The molecule has 1 aromatic heterocycles. The van der Waals surface area contributed by atoms with Crippen LogP contribution in [0.4, 0.5) is 11.5 Å². The van der Waals surface area contributed by atoms with Crippen molar-refractivity contribution in [3.63, 3.8) is 0 Å². The fourth-order valence-corrected chi connectivity index (χ4v) is 4.89. The third-order valence-corrected chi connectivity index (χ3v) is 7.02. The van der Waals surface area contributed by atoms with Crippen LogP contribution in [-0.4, -0.2) is 59.6 Å². The zero-order valence-corrected chi connectivity index (χ0v) is 22.7. The summed E-state index contributed by atoms with van der Waals surface area (Å²) in [5.74, 6) is 0.712. The van der Waals surface area contributed by atoms with Crippen LogP contribution in [0.15, 0.2) is 61.4 Å². The number of amides is 1. The number of fused-ring (bicyclic) bond motifs is 1. The molecule has 0 spiro atoms. The zero-order chi connectivity index (χ0) is 27.6. The van der Waals surface area contributed by atoms with E-state index in [0.717, 1.165) is 56.1 Å². The van der Waals surface area contributed by atoms with E-state index in [1.807, 2.05) is 30.3 Å². The summed E-state index contributed by atoms with van der Waals surface area (Å²) >= 11 is 0. The largest absolute Gasteiger partial charge is 0.491 e. The Balaban J connectivity index is 1.45. The molecule has 1 unspecified atom stereocenters. The minimum Gasteiger partial charge on any atom is -0.491 e. The van der Waals surface area contributed by atoms with Crippen molar-refractivity contribution in [3.05, 3.63) is 67.0 Å². The highest BCUT2D eigenvalue weighted by Gasteiger charge is 2.28. The van der Waals surface area contributed by atoms with Crippen LogP contribution in [0.1, 0.15) is 50.6 Å². The summed E-state index contributed by atoms with van der Waals surface area (Å²) in [4.78, 5) is 35.4. The van der Waals surface area contributed by atoms with Crippen molar-refractivity contribution >= 4 is 34.3 Å². The number of carbonyl (C=O) groups is 2. The number of methoxy groups -OCH3 is 1. The minimum atomic E-state index is -0.331. The van der Waals surface area contributed by atoms with Crippen LogP contribution in [-0.2, 0) is 14.3 Å². The second kappa shape index (κ2) is 13.7. The molecule has 0 saturated carbocycles. The van der Waals surface area contributed by atoms with Crippen LogP contribution in [0.25, 0.3) is 10.9 Å². The van der Waals surface area contributed by atoms with Crippen molar-refractivity contribution in [2.45, 2.75) is 51.1 Å². The van der Waals surface area contributed by atoms with E-state index in [1.165, 1.54) is 19.5 Å². The van der Waals surface area contributed by atoms with E-state index in [0.29, 0.717) is 29.4 Å². The van der Waals surface area contributed by atoms with E-state index in [4.69, 9.17) is 9.47 Å². The number of likely N-dealkylation sites (tertiary alicyclic amines) is 1. The molecular formula is C30H37N5O4. The Morgan fingerprint density at radius 1 is 1.18 bits per heavy atom. The first kappa shape index (κ1) is 28.0. The van der Waals surface area contributed by atoms with E-state index in [9.17, 15) is 9.59 Å². The average Bonchev–Trinajstić information content (AvgIpc) is 2.97. The summed E-state index contributed by atoms with van der Waals surface area (Å²) in [6, 6.07) is 13.6. The second-order valence-electron chi connectivity index (χ2n) is 9.68. The number of hydrogen-bond donors (Lipinski definition) is 2. The number of unbranched alkanes of at least 4 members (excludes halogenated alkanes) is 1. The summed E-state index contributed by atoms with van der Waals surface area (Å²) in [5.41, 5.74) is 2.36. The monoisotopic (exact) mass is 531 g/mol. The van der Waals surface area contributed by atoms with Crippen LogP contribution in [0.2, 0.25) is 0 Å². The van der Waals surface area contributed by atoms with Crippen molar-refractivity contribution in [3.8, 4) is 5.75 Å². The molecule has 4 rings (SSSR count). The topological polar surface area (TPSA) is 106 Å². The molecule has 1 saturated heterocycles. The lowest BCUT2D eigenvalue weighted by atomic mass is 10.0. The van der Waals surface area contributed by atoms with Gasteiger partial charge >= 0.3 is 5.97 Å². The lowest BCUT2D eigenvalue weighted by Crippen LogP contribution is -2.45. The Hall–Kier alpha value is -3.98. The standard InChI is InChI=1S/C30H37N5O4/c1-4-28(36)34-25-18-23-24(31-20-32-29(23)33-21(2)22-12-6-5-7-13-22)19-27(25)39-17-11-10-16-35-15-9-8-14-26(35)30(37)38-3/h4-7,12-13,18-21,26H,1,8-11,14-17H2,2-3H3,(H,34,36)(H,31,32,33)/t21-,26?/m1/s1. The zero-order valence-electron chi connectivity index (χ0n) is 22.7. The van der Waals surface area contributed by atoms with Gasteiger partial charge in [-0.25, -0.2) is 9.97 Å². The molecule has 0 radical (unpaired) electrons. The van der Waals surface area contributed by atoms with E-state index in [2.05, 4.69) is 51.1 Å². The van der Waals surface area contributed by atoms with Gasteiger partial charge in [0.25, 0.3) is 0 Å². The summed E-state index contributed by atoms with van der Waals surface area (Å²) < 4.78 is 11.1. The van der Waals surface area contributed by atoms with E-state index < -0.39 is 0 Å². The SMILES string of the molecule is C=CC(=O)Nc1cc2c(N[C@H](C)c3ccccc3)ncnc2cc1OCCCCN1CCCCC1C(=O)OC. The third-order valence-electron chi connectivity index (χ3n) is 7.02. The molecular weight excluding hydrogens is 494 g/mol. The van der Waals surface area contributed by atoms with Crippen molar-refractivity contribution < 1.29 is 19.1 Å². The number of benzene rings is 2. The van der Waals surface area contributed by atoms with Crippen molar-refractivity contribution in [1.29, 1.82) is 0 Å². The molecule has 2 N–H and O–H groups in total. The maximum absolute atomic E-state index is 12.2. The maximum Gasteiger partial charge on any atom is 0.323 e. The minimum absolute atomic E-state index is 0.0186. The van der Waals surface area contributed by atoms with E-state index in [-0.39, 0.29) is 24.0 Å². The summed E-state index contributed by atoms with van der Waals surface area (Å²) in [5, 5.41) is 7.09. The van der Waals surface area contributed by atoms with Gasteiger partial charge in [0.05, 0.1) is 24.9 Å². The molecule has 206 valence electrons. The number of aromatic nitrogens is 2. The highest BCUT2D eigenvalue weighted by molar-refractivity contribution is 6.03. The molecule has 9 heteroatoms. The fourth-order valence-electron chi connectivity index (χ4n) is 4.89. The summed E-state index contributed by atoms with van der Waals surface area (Å²) in [6.07, 6.45) is 7.40. The van der Waals surface area contributed by atoms with Gasteiger partial charge in [-0.15, -0.1) is 0 Å².